The molecule has 0 radical (unpaired) electrons. The number of carbonyl (C=O) groups is 1. The molecule has 0 bridgehead atoms. The SMILES string of the molecule is CC(C)(C)NC=CC(=O)O. The highest BCUT2D eigenvalue weighted by atomic mass is 16.4. The van der Waals surface area contributed by atoms with Crippen LogP contribution in [0.15, 0.2) is 12.3 Å². The van der Waals surface area contributed by atoms with E-state index in [0.29, 0.717) is 0 Å². The Morgan fingerprint density at radius 2 is 2.00 bits per heavy atom. The molecule has 0 aromatic rings. The molecule has 0 amide bonds. The smallest absolute Gasteiger partial charge is 0.329 e. The largest absolute Gasteiger partial charge is 0.478 e. The minimum Gasteiger partial charge on any atom is -0.478 e. The molecule has 0 spiro atoms. The molecule has 0 aliphatic rings. The molecule has 0 fully saturated rings. The van der Waals surface area contributed by atoms with Gasteiger partial charge in [-0.25, -0.2) is 4.79 Å². The van der Waals surface area contributed by atoms with Gasteiger partial charge < -0.3 is 10.4 Å². The van der Waals surface area contributed by atoms with Crippen LogP contribution in [0.25, 0.3) is 0 Å². The first-order valence-electron chi connectivity index (χ1n) is 3.09. The zero-order valence-corrected chi connectivity index (χ0v) is 6.51. The molecule has 0 saturated heterocycles. The molecule has 2 N–H and O–H groups in total. The topological polar surface area (TPSA) is 49.3 Å². The fourth-order valence-corrected chi connectivity index (χ4v) is 0.363. The van der Waals surface area contributed by atoms with Crippen molar-refractivity contribution >= 4 is 5.97 Å². The third kappa shape index (κ3) is 7.01. The van der Waals surface area contributed by atoms with E-state index in [2.05, 4.69) is 5.32 Å². The fourth-order valence-electron chi connectivity index (χ4n) is 0.363. The van der Waals surface area contributed by atoms with Crippen LogP contribution in [0.4, 0.5) is 0 Å². The molecule has 0 rings (SSSR count). The molecule has 0 heterocycles. The van der Waals surface area contributed by atoms with Gasteiger partial charge in [0.2, 0.25) is 0 Å². The summed E-state index contributed by atoms with van der Waals surface area (Å²) in [7, 11) is 0. The van der Waals surface area contributed by atoms with Gasteiger partial charge in [0.1, 0.15) is 0 Å². The van der Waals surface area contributed by atoms with Crippen LogP contribution in [0.5, 0.6) is 0 Å². The second kappa shape index (κ2) is 3.25. The highest BCUT2D eigenvalue weighted by Crippen LogP contribution is 1.96. The van der Waals surface area contributed by atoms with E-state index in [9.17, 15) is 4.79 Å². The van der Waals surface area contributed by atoms with E-state index < -0.39 is 5.97 Å². The van der Waals surface area contributed by atoms with E-state index in [1.807, 2.05) is 20.8 Å². The molecule has 0 aromatic carbocycles. The van der Waals surface area contributed by atoms with Gasteiger partial charge in [-0.05, 0) is 20.8 Å². The lowest BCUT2D eigenvalue weighted by molar-refractivity contribution is -0.131. The van der Waals surface area contributed by atoms with Crippen molar-refractivity contribution < 1.29 is 9.90 Å². The van der Waals surface area contributed by atoms with Gasteiger partial charge in [0, 0.05) is 17.8 Å². The van der Waals surface area contributed by atoms with E-state index >= 15 is 0 Å². The summed E-state index contributed by atoms with van der Waals surface area (Å²) in [6, 6.07) is 0. The van der Waals surface area contributed by atoms with Gasteiger partial charge in [-0.15, -0.1) is 0 Å². The Labute approximate surface area is 60.7 Å². The van der Waals surface area contributed by atoms with E-state index in [-0.39, 0.29) is 5.54 Å². The second-order valence-electron chi connectivity index (χ2n) is 3.07. The minimum atomic E-state index is -0.934. The maximum absolute atomic E-state index is 9.96. The lowest BCUT2D eigenvalue weighted by Crippen LogP contribution is -2.31. The average Bonchev–Trinajstić information content (AvgIpc) is 1.59. The van der Waals surface area contributed by atoms with Gasteiger partial charge in [0.25, 0.3) is 0 Å². The van der Waals surface area contributed by atoms with Crippen molar-refractivity contribution in [2.24, 2.45) is 0 Å². The Bertz CT molecular complexity index is 144. The van der Waals surface area contributed by atoms with Gasteiger partial charge in [-0.2, -0.15) is 0 Å². The molecule has 0 aliphatic heterocycles. The monoisotopic (exact) mass is 143 g/mol. The Kier molecular flexibility index (Phi) is 2.93. The van der Waals surface area contributed by atoms with Crippen molar-refractivity contribution in [3.63, 3.8) is 0 Å². The Morgan fingerprint density at radius 3 is 2.30 bits per heavy atom. The maximum atomic E-state index is 9.96. The number of hydrogen-bond donors (Lipinski definition) is 2. The van der Waals surface area contributed by atoms with Crippen molar-refractivity contribution in [3.8, 4) is 0 Å². The van der Waals surface area contributed by atoms with Crippen LogP contribution < -0.4 is 5.32 Å². The third-order valence-electron chi connectivity index (χ3n) is 0.742. The highest BCUT2D eigenvalue weighted by molar-refractivity contribution is 5.79. The highest BCUT2D eigenvalue weighted by Gasteiger charge is 2.04. The van der Waals surface area contributed by atoms with Gasteiger partial charge in [0.05, 0.1) is 0 Å². The number of carboxylic acid groups (broad SMARTS) is 1. The van der Waals surface area contributed by atoms with E-state index in [0.717, 1.165) is 6.08 Å². The van der Waals surface area contributed by atoms with Gasteiger partial charge in [-0.3, -0.25) is 0 Å². The lowest BCUT2D eigenvalue weighted by atomic mass is 10.1. The zero-order valence-electron chi connectivity index (χ0n) is 6.51. The summed E-state index contributed by atoms with van der Waals surface area (Å²) in [6.07, 6.45) is 2.51. The summed E-state index contributed by atoms with van der Waals surface area (Å²) in [5.41, 5.74) is -0.0635. The normalized spacial score (nSPS) is 11.9. The lowest BCUT2D eigenvalue weighted by Gasteiger charge is -2.17. The maximum Gasteiger partial charge on any atom is 0.329 e. The molecule has 3 nitrogen and oxygen atoms in total. The number of hydrogen-bond acceptors (Lipinski definition) is 2. The predicted octanol–water partition coefficient (Wildman–Crippen LogP) is 0.973. The molecule has 58 valence electrons. The molecule has 0 aliphatic carbocycles. The quantitative estimate of drug-likeness (QED) is 0.566. The summed E-state index contributed by atoms with van der Waals surface area (Å²) in [5, 5.41) is 11.1. The van der Waals surface area contributed by atoms with Crippen LogP contribution in [-0.4, -0.2) is 16.6 Å². The summed E-state index contributed by atoms with van der Waals surface area (Å²) in [5.74, 6) is -0.934. The van der Waals surface area contributed by atoms with Gasteiger partial charge >= 0.3 is 5.97 Å². The van der Waals surface area contributed by atoms with Crippen LogP contribution in [0.2, 0.25) is 0 Å². The molecule has 0 atom stereocenters. The first-order valence-corrected chi connectivity index (χ1v) is 3.09. The fraction of sp³-hybridized carbons (Fsp3) is 0.571. The number of carboxylic acids is 1. The van der Waals surface area contributed by atoms with Crippen molar-refractivity contribution in [3.05, 3.63) is 12.3 Å². The minimum absolute atomic E-state index is 0.0635. The summed E-state index contributed by atoms with van der Waals surface area (Å²) in [6.45, 7) is 5.87. The Hall–Kier alpha value is -0.990. The van der Waals surface area contributed by atoms with Crippen LogP contribution in [-0.2, 0) is 4.79 Å². The second-order valence-corrected chi connectivity index (χ2v) is 3.07. The van der Waals surface area contributed by atoms with Crippen molar-refractivity contribution in [1.29, 1.82) is 0 Å². The van der Waals surface area contributed by atoms with Crippen LogP contribution >= 0.6 is 0 Å². The number of aliphatic carboxylic acids is 1. The zero-order chi connectivity index (χ0) is 8.20. The summed E-state index contributed by atoms with van der Waals surface area (Å²) < 4.78 is 0. The van der Waals surface area contributed by atoms with Gasteiger partial charge in [0.15, 0.2) is 0 Å². The first kappa shape index (κ1) is 9.01. The van der Waals surface area contributed by atoms with E-state index in [4.69, 9.17) is 5.11 Å². The molecule has 0 unspecified atom stereocenters. The van der Waals surface area contributed by atoms with Crippen molar-refractivity contribution in [1.82, 2.24) is 5.32 Å². The van der Waals surface area contributed by atoms with Crippen molar-refractivity contribution in [2.45, 2.75) is 26.3 Å². The van der Waals surface area contributed by atoms with Crippen LogP contribution in [0.3, 0.4) is 0 Å². The summed E-state index contributed by atoms with van der Waals surface area (Å²) >= 11 is 0. The van der Waals surface area contributed by atoms with Crippen LogP contribution in [0, 0.1) is 0 Å². The molecule has 3 heteroatoms. The third-order valence-corrected chi connectivity index (χ3v) is 0.742. The summed E-state index contributed by atoms with van der Waals surface area (Å²) in [4.78, 5) is 9.96. The van der Waals surface area contributed by atoms with E-state index in [1.165, 1.54) is 6.20 Å². The Balaban J connectivity index is 3.64. The van der Waals surface area contributed by atoms with E-state index in [1.54, 1.807) is 0 Å². The first-order chi connectivity index (χ1) is 4.42. The van der Waals surface area contributed by atoms with Gasteiger partial charge in [-0.1, -0.05) is 0 Å². The van der Waals surface area contributed by atoms with Crippen LogP contribution in [0.1, 0.15) is 20.8 Å². The molecular formula is C7H13NO2. The number of rotatable bonds is 2. The molecular weight excluding hydrogens is 130 g/mol. The predicted molar refractivity (Wildman–Crippen MR) is 39.7 cm³/mol. The molecule has 0 saturated carbocycles. The average molecular weight is 143 g/mol. The molecule has 10 heavy (non-hydrogen) atoms. The molecule has 0 aromatic heterocycles. The number of nitrogens with one attached hydrogen (secondary N) is 1. The standard InChI is InChI=1S/C7H13NO2/c1-7(2,3)8-5-4-6(9)10/h4-5,8H,1-3H3,(H,9,10). The Morgan fingerprint density at radius 1 is 1.50 bits per heavy atom. The van der Waals surface area contributed by atoms with Crippen molar-refractivity contribution in [2.75, 3.05) is 0 Å².